The maximum Gasteiger partial charge on any atom is 0.130 e. The number of aryl methyl sites for hydroxylation is 4. The topological polar surface area (TPSA) is 147 Å². The van der Waals surface area contributed by atoms with Gasteiger partial charge in [-0.15, -0.1) is 22.7 Å². The van der Waals surface area contributed by atoms with Gasteiger partial charge in [-0.05, 0) is 166 Å². The minimum atomic E-state index is -0.738. The van der Waals surface area contributed by atoms with Gasteiger partial charge >= 0.3 is 0 Å². The number of nitrogens with zero attached hydrogens (tertiary/aromatic N) is 8. The summed E-state index contributed by atoms with van der Waals surface area (Å²) >= 11 is 5.68. The lowest BCUT2D eigenvalue weighted by atomic mass is 9.65. The summed E-state index contributed by atoms with van der Waals surface area (Å²) < 4.78 is 18.7. The first-order chi connectivity index (χ1) is 43.0. The molecule has 2 aliphatic carbocycles. The Morgan fingerprint density at radius 2 is 0.636 bits per heavy atom. The number of allylic oxidation sites excluding steroid dienone is 2. The summed E-state index contributed by atoms with van der Waals surface area (Å²) in [5, 5.41) is 38.3. The molecule has 0 bridgehead atoms. The van der Waals surface area contributed by atoms with Gasteiger partial charge in [0.15, 0.2) is 0 Å². The molecule has 4 aromatic heterocycles. The van der Waals surface area contributed by atoms with E-state index in [1.807, 2.05) is 48.5 Å². The van der Waals surface area contributed by atoms with Crippen LogP contribution in [0.25, 0.3) is 98.2 Å². The second-order valence-corrected chi connectivity index (χ2v) is 25.9. The maximum atomic E-state index is 9.57. The van der Waals surface area contributed by atoms with Gasteiger partial charge in [0.05, 0.1) is 34.3 Å². The molecule has 13 aromatic rings. The molecule has 0 amide bonds. The Bertz CT molecular complexity index is 4840. The van der Waals surface area contributed by atoms with Crippen molar-refractivity contribution in [1.82, 2.24) is 17.5 Å². The molecule has 2 aliphatic rings. The highest BCUT2D eigenvalue weighted by Gasteiger charge is 2.52. The molecule has 0 N–H and O–H groups in total. The third-order valence-corrected chi connectivity index (χ3v) is 21.0. The lowest BCUT2D eigenvalue weighted by Gasteiger charge is -2.36. The zero-order valence-electron chi connectivity index (χ0n) is 47.8. The molecule has 9 aromatic carbocycles. The van der Waals surface area contributed by atoms with Crippen molar-refractivity contribution in [2.24, 2.45) is 0 Å². The fourth-order valence-electron chi connectivity index (χ4n) is 13.4. The number of fused-ring (bicyclic) bond motifs is 8. The molecule has 8 nitrogen and oxygen atoms in total. The number of rotatable bonds is 10. The van der Waals surface area contributed by atoms with E-state index in [0.717, 1.165) is 76.3 Å². The quantitative estimate of drug-likeness (QED) is 0.123. The number of aromatic nitrogens is 4. The van der Waals surface area contributed by atoms with Crippen LogP contribution in [0.4, 0.5) is 0 Å². The molecule has 0 fully saturated rings. The Labute approximate surface area is 525 Å². The second kappa shape index (κ2) is 21.2. The molecule has 0 aliphatic heterocycles. The predicted molar refractivity (Wildman–Crippen MR) is 358 cm³/mol. The number of hydrogen-bond donors (Lipinski definition) is 0. The molecule has 0 radical (unpaired) electrons. The van der Waals surface area contributed by atoms with Crippen LogP contribution in [0, 0.1) is 73.0 Å². The average molecular weight is 1200 g/mol. The monoisotopic (exact) mass is 1200 g/mol. The van der Waals surface area contributed by atoms with Crippen molar-refractivity contribution in [3.8, 4) is 88.3 Å². The summed E-state index contributed by atoms with van der Waals surface area (Å²) in [6.07, 6.45) is 3.16. The highest BCUT2D eigenvalue weighted by atomic mass is 32.1. The minimum Gasteiger partial charge on any atom is -0.192 e. The lowest BCUT2D eigenvalue weighted by molar-refractivity contribution is 0.758. The third-order valence-electron chi connectivity index (χ3n) is 17.6. The molecule has 0 atom stereocenters. The van der Waals surface area contributed by atoms with Crippen LogP contribution in [0.15, 0.2) is 205 Å². The van der Waals surface area contributed by atoms with E-state index in [9.17, 15) is 21.0 Å². The molecule has 0 spiro atoms. The van der Waals surface area contributed by atoms with Gasteiger partial charge in [-0.3, -0.25) is 0 Å². The van der Waals surface area contributed by atoms with Gasteiger partial charge in [0.25, 0.3) is 0 Å². The lowest BCUT2D eigenvalue weighted by Crippen LogP contribution is -2.30. The Hall–Kier alpha value is -10.5. The summed E-state index contributed by atoms with van der Waals surface area (Å²) in [6.45, 7) is 8.63. The fraction of sp³-hybridized carbons (Fsp3) is 0.0789. The summed E-state index contributed by atoms with van der Waals surface area (Å²) in [7, 11) is 0. The van der Waals surface area contributed by atoms with Crippen molar-refractivity contribution in [3.05, 3.63) is 283 Å². The van der Waals surface area contributed by atoms with Crippen molar-refractivity contribution in [1.29, 1.82) is 21.0 Å². The molecule has 0 saturated carbocycles. The van der Waals surface area contributed by atoms with Crippen LogP contribution >= 0.6 is 46.1 Å². The molecule has 88 heavy (non-hydrogen) atoms. The summed E-state index contributed by atoms with van der Waals surface area (Å²) in [6, 6.07) is 80.5. The van der Waals surface area contributed by atoms with Crippen molar-refractivity contribution in [2.75, 3.05) is 0 Å². The molecular weight excluding hydrogens is 1150 g/mol. The largest absolute Gasteiger partial charge is 0.192 e. The SMILES string of the molecule is Cc1ccc(C2(c3ccc(C)cc3)c3cc(-c4ccc(-c5ccc(C=C(C#N)C#N)c6nsnc56)s4)ccc3-c3cc4c(cc32)-c2ccc(-c3ccc(-c5ccc(C=C(C#N)C#N)c6nsnc56)s3)cc2C4(c2ccc(C)cc2)c2ccc(C)cc2)cc1. The Kier molecular flexibility index (Phi) is 13.0. The molecule has 12 heteroatoms. The van der Waals surface area contributed by atoms with Gasteiger partial charge < -0.3 is 0 Å². The first kappa shape index (κ1) is 54.1. The van der Waals surface area contributed by atoms with Crippen LogP contribution in [-0.4, -0.2) is 17.5 Å². The smallest absolute Gasteiger partial charge is 0.130 e. The van der Waals surface area contributed by atoms with Gasteiger partial charge in [-0.1, -0.05) is 168 Å². The van der Waals surface area contributed by atoms with Gasteiger partial charge in [0, 0.05) is 41.8 Å². The molecule has 0 unspecified atom stereocenters. The normalized spacial score (nSPS) is 12.9. The van der Waals surface area contributed by atoms with E-state index in [1.54, 1.807) is 34.8 Å². The number of benzene rings is 9. The van der Waals surface area contributed by atoms with Crippen molar-refractivity contribution in [3.63, 3.8) is 0 Å². The Balaban J connectivity index is 0.946. The predicted octanol–water partition coefficient (Wildman–Crippen LogP) is 19.3. The Morgan fingerprint density at radius 3 is 0.977 bits per heavy atom. The Morgan fingerprint density at radius 1 is 0.330 bits per heavy atom. The van der Waals surface area contributed by atoms with Gasteiger partial charge in [-0.2, -0.15) is 38.5 Å². The highest BCUT2D eigenvalue weighted by Crippen LogP contribution is 2.64. The fourth-order valence-corrected chi connectivity index (χ4v) is 16.6. The molecular formula is C76H46N8S4. The van der Waals surface area contributed by atoms with Crippen LogP contribution in [0.5, 0.6) is 0 Å². The minimum absolute atomic E-state index is 0.0132. The van der Waals surface area contributed by atoms with E-state index in [1.165, 1.54) is 89.0 Å². The first-order valence-corrected chi connectivity index (χ1v) is 31.6. The van der Waals surface area contributed by atoms with Gasteiger partial charge in [0.2, 0.25) is 0 Å². The number of thiophene rings is 2. The van der Waals surface area contributed by atoms with Gasteiger partial charge in [-0.25, -0.2) is 0 Å². The van der Waals surface area contributed by atoms with Crippen LogP contribution in [0.1, 0.15) is 77.9 Å². The van der Waals surface area contributed by atoms with Gasteiger partial charge in [0.1, 0.15) is 57.5 Å². The van der Waals surface area contributed by atoms with E-state index < -0.39 is 10.8 Å². The van der Waals surface area contributed by atoms with Crippen LogP contribution in [0.3, 0.4) is 0 Å². The van der Waals surface area contributed by atoms with Crippen molar-refractivity contribution in [2.45, 2.75) is 38.5 Å². The molecule has 0 saturated heterocycles. The average Bonchev–Trinajstić information content (AvgIpc) is 1.51. The number of nitriles is 4. The molecule has 15 rings (SSSR count). The van der Waals surface area contributed by atoms with Crippen LogP contribution < -0.4 is 0 Å². The van der Waals surface area contributed by atoms with E-state index in [-0.39, 0.29) is 11.1 Å². The van der Waals surface area contributed by atoms with Crippen LogP contribution in [-0.2, 0) is 10.8 Å². The zero-order chi connectivity index (χ0) is 60.0. The standard InChI is InChI=1S/C76H46N8S4/c1-43-5-17-53(18-6-43)75(54-19-7-44(2)8-20-54)63-35-49(67-29-31-69(85-67)59-27-15-51(33-47(39-77)40-78)71-73(59)83-87-81-71)13-25-57(63)61-38-66-62(37-65(61)75)58-26-14-50(36-64(58)76(66,55-21-9-45(3)10-22-55)56-23-11-46(4)12-24-56)68-30-32-70(86-68)60-28-16-52(34-48(41-79)42-80)72-74(60)84-88-82-72/h5-38H,1-4H3. The highest BCUT2D eigenvalue weighted by molar-refractivity contribution is 7.19. The van der Waals surface area contributed by atoms with E-state index >= 15 is 0 Å². The maximum absolute atomic E-state index is 9.57. The zero-order valence-corrected chi connectivity index (χ0v) is 51.1. The van der Waals surface area contributed by atoms with E-state index in [0.29, 0.717) is 22.2 Å². The summed E-state index contributed by atoms with van der Waals surface area (Å²) in [5.74, 6) is 0. The number of hydrogen-bond acceptors (Lipinski definition) is 12. The molecule has 4 heterocycles. The van der Waals surface area contributed by atoms with Crippen LogP contribution in [0.2, 0.25) is 0 Å². The second-order valence-electron chi connectivity index (χ2n) is 22.6. The summed E-state index contributed by atoms with van der Waals surface area (Å²) in [5.41, 5.74) is 26.0. The summed E-state index contributed by atoms with van der Waals surface area (Å²) in [4.78, 5) is 4.31. The first-order valence-electron chi connectivity index (χ1n) is 28.5. The third kappa shape index (κ3) is 8.38. The van der Waals surface area contributed by atoms with E-state index in [4.69, 9.17) is 8.75 Å². The van der Waals surface area contributed by atoms with Crippen molar-refractivity contribution >= 4 is 80.3 Å². The molecule has 414 valence electrons. The van der Waals surface area contributed by atoms with Crippen molar-refractivity contribution < 1.29 is 0 Å². The van der Waals surface area contributed by atoms with E-state index in [2.05, 4.69) is 206 Å².